The second-order valence-electron chi connectivity index (χ2n) is 2.52. The first-order valence-electron chi connectivity index (χ1n) is 3.65. The van der Waals surface area contributed by atoms with Gasteiger partial charge in [0.2, 0.25) is 0 Å². The number of aromatic nitrogens is 1. The first kappa shape index (κ1) is 12.5. The molecule has 0 N–H and O–H groups in total. The lowest BCUT2D eigenvalue weighted by molar-refractivity contribution is -0.391. The molecule has 1 aromatic heterocycles. The van der Waals surface area contributed by atoms with E-state index in [0.717, 1.165) is 0 Å². The van der Waals surface area contributed by atoms with Crippen LogP contribution >= 0.6 is 34.2 Å². The van der Waals surface area contributed by atoms with Crippen molar-refractivity contribution in [3.63, 3.8) is 0 Å². The third-order valence-corrected chi connectivity index (χ3v) is 2.74. The minimum atomic E-state index is -2.92. The average Bonchev–Trinajstić information content (AvgIpc) is 2.15. The Kier molecular flexibility index (Phi) is 4.14. The van der Waals surface area contributed by atoms with Crippen LogP contribution in [-0.2, 0) is 5.88 Å². The number of nitrogens with zero attached hydrogens (tertiary/aromatic N) is 2. The summed E-state index contributed by atoms with van der Waals surface area (Å²) < 4.78 is 25.1. The molecule has 0 amide bonds. The molecule has 0 spiro atoms. The Labute approximate surface area is 102 Å². The summed E-state index contributed by atoms with van der Waals surface area (Å²) >= 11 is 7.03. The molecule has 0 unspecified atom stereocenters. The van der Waals surface area contributed by atoms with Crippen LogP contribution in [0.2, 0.25) is 0 Å². The predicted molar refractivity (Wildman–Crippen MR) is 58.1 cm³/mol. The molecule has 15 heavy (non-hydrogen) atoms. The van der Waals surface area contributed by atoms with E-state index in [1.54, 1.807) is 22.6 Å². The first-order valence-corrected chi connectivity index (χ1v) is 5.26. The lowest BCUT2D eigenvalue weighted by Gasteiger charge is -2.04. The van der Waals surface area contributed by atoms with Crippen molar-refractivity contribution in [3.05, 3.63) is 31.0 Å². The minimum absolute atomic E-state index is 0.0552. The van der Waals surface area contributed by atoms with Crippen molar-refractivity contribution in [2.45, 2.75) is 12.3 Å². The molecule has 0 aromatic carbocycles. The van der Waals surface area contributed by atoms with Crippen molar-refractivity contribution in [3.8, 4) is 0 Å². The van der Waals surface area contributed by atoms with Gasteiger partial charge in [-0.1, -0.05) is 0 Å². The number of halogens is 4. The van der Waals surface area contributed by atoms with Crippen molar-refractivity contribution in [2.24, 2.45) is 0 Å². The molecule has 0 bridgehead atoms. The van der Waals surface area contributed by atoms with Crippen molar-refractivity contribution in [1.82, 2.24) is 4.98 Å². The molecule has 0 aliphatic heterocycles. The van der Waals surface area contributed by atoms with Gasteiger partial charge < -0.3 is 10.1 Å². The number of pyridine rings is 1. The second-order valence-corrected chi connectivity index (χ2v) is 3.95. The lowest BCUT2D eigenvalue weighted by Crippen LogP contribution is -2.04. The maximum absolute atomic E-state index is 12.5. The number of rotatable bonds is 3. The van der Waals surface area contributed by atoms with E-state index in [4.69, 9.17) is 11.6 Å². The fourth-order valence-electron chi connectivity index (χ4n) is 0.969. The molecule has 8 heteroatoms. The quantitative estimate of drug-likeness (QED) is 0.365. The summed E-state index contributed by atoms with van der Waals surface area (Å²) in [6, 6.07) is 1.31. The van der Waals surface area contributed by atoms with E-state index in [9.17, 15) is 18.9 Å². The van der Waals surface area contributed by atoms with E-state index in [2.05, 4.69) is 4.98 Å². The van der Waals surface area contributed by atoms with Gasteiger partial charge in [0.25, 0.3) is 6.43 Å². The van der Waals surface area contributed by atoms with Gasteiger partial charge in [0.1, 0.15) is 5.56 Å². The van der Waals surface area contributed by atoms with Gasteiger partial charge >= 0.3 is 5.82 Å². The molecule has 0 fully saturated rings. The van der Waals surface area contributed by atoms with E-state index in [1.165, 1.54) is 6.07 Å². The lowest BCUT2D eigenvalue weighted by atomic mass is 10.2. The van der Waals surface area contributed by atoms with Crippen LogP contribution in [0.4, 0.5) is 14.6 Å². The van der Waals surface area contributed by atoms with Gasteiger partial charge in [0, 0.05) is 9.64 Å². The molecule has 0 saturated heterocycles. The first-order chi connectivity index (χ1) is 6.97. The Bertz CT molecular complexity index is 403. The molecule has 1 rings (SSSR count). The monoisotopic (exact) mass is 348 g/mol. The van der Waals surface area contributed by atoms with E-state index >= 15 is 0 Å². The van der Waals surface area contributed by atoms with Gasteiger partial charge in [-0.2, -0.15) is 0 Å². The molecule has 0 aliphatic rings. The van der Waals surface area contributed by atoms with Gasteiger partial charge in [0.15, 0.2) is 5.69 Å². The highest BCUT2D eigenvalue weighted by molar-refractivity contribution is 14.1. The molecular weight excluding hydrogens is 344 g/mol. The van der Waals surface area contributed by atoms with Gasteiger partial charge in [-0.3, -0.25) is 0 Å². The molecule has 4 nitrogen and oxygen atoms in total. The minimum Gasteiger partial charge on any atom is -0.358 e. The van der Waals surface area contributed by atoms with Gasteiger partial charge in [0.05, 0.1) is 5.88 Å². The fraction of sp³-hybridized carbons (Fsp3) is 0.286. The second kappa shape index (κ2) is 4.97. The van der Waals surface area contributed by atoms with Crippen molar-refractivity contribution >= 4 is 40.0 Å². The Hall–Kier alpha value is -0.570. The zero-order valence-electron chi connectivity index (χ0n) is 7.08. The van der Waals surface area contributed by atoms with Crippen LogP contribution in [0.3, 0.4) is 0 Å². The van der Waals surface area contributed by atoms with Crippen molar-refractivity contribution in [1.29, 1.82) is 0 Å². The highest BCUT2D eigenvalue weighted by atomic mass is 127. The van der Waals surface area contributed by atoms with Crippen LogP contribution in [0, 0.1) is 13.7 Å². The average molecular weight is 348 g/mol. The maximum Gasteiger partial charge on any atom is 0.373 e. The van der Waals surface area contributed by atoms with Crippen LogP contribution in [0.5, 0.6) is 0 Å². The summed E-state index contributed by atoms with van der Waals surface area (Å²) in [5.74, 6) is -0.882. The summed E-state index contributed by atoms with van der Waals surface area (Å²) in [5, 5.41) is 10.5. The number of hydrogen-bond donors (Lipinski definition) is 0. The summed E-state index contributed by atoms with van der Waals surface area (Å²) in [5.41, 5.74) is -0.452. The largest absolute Gasteiger partial charge is 0.373 e. The Morgan fingerprint density at radius 1 is 1.67 bits per heavy atom. The molecule has 1 aromatic rings. The molecule has 82 valence electrons. The Balaban J connectivity index is 3.42. The highest BCUT2D eigenvalue weighted by Crippen LogP contribution is 2.32. The van der Waals surface area contributed by atoms with E-state index in [0.29, 0.717) is 0 Å². The summed E-state index contributed by atoms with van der Waals surface area (Å²) in [4.78, 5) is 13.0. The number of nitro groups is 1. The molecule has 1 heterocycles. The Morgan fingerprint density at radius 3 is 2.67 bits per heavy atom. The third kappa shape index (κ3) is 2.71. The smallest absolute Gasteiger partial charge is 0.358 e. The van der Waals surface area contributed by atoms with Crippen LogP contribution in [0.25, 0.3) is 0 Å². The van der Waals surface area contributed by atoms with Crippen LogP contribution in [0.1, 0.15) is 17.7 Å². The maximum atomic E-state index is 12.5. The van der Waals surface area contributed by atoms with Crippen molar-refractivity contribution in [2.75, 3.05) is 0 Å². The van der Waals surface area contributed by atoms with Gasteiger partial charge in [-0.05, 0) is 32.5 Å². The highest BCUT2D eigenvalue weighted by Gasteiger charge is 2.27. The van der Waals surface area contributed by atoms with Crippen molar-refractivity contribution < 1.29 is 13.7 Å². The molecule has 0 aliphatic carbocycles. The fourth-order valence-corrected chi connectivity index (χ4v) is 1.94. The van der Waals surface area contributed by atoms with Gasteiger partial charge in [-0.25, -0.2) is 8.78 Å². The molecular formula is C7H4ClF2IN2O2. The summed E-state index contributed by atoms with van der Waals surface area (Å²) in [7, 11) is 0. The molecule has 0 radical (unpaired) electrons. The van der Waals surface area contributed by atoms with E-state index in [-0.39, 0.29) is 15.1 Å². The Morgan fingerprint density at radius 2 is 2.27 bits per heavy atom. The molecule has 0 saturated carbocycles. The van der Waals surface area contributed by atoms with Crippen LogP contribution < -0.4 is 0 Å². The third-order valence-electron chi connectivity index (χ3n) is 1.57. The molecule has 0 atom stereocenters. The number of alkyl halides is 3. The standard InChI is InChI=1S/C7H4ClF2IN2O2/c8-2-3-1-4(11)5(6(9)10)7(12-3)13(14)15/h1,6H,2H2. The zero-order valence-corrected chi connectivity index (χ0v) is 10.00. The zero-order chi connectivity index (χ0) is 11.6. The summed E-state index contributed by atoms with van der Waals surface area (Å²) in [6.45, 7) is 0. The number of hydrogen-bond acceptors (Lipinski definition) is 3. The van der Waals surface area contributed by atoms with Gasteiger partial charge in [-0.15, -0.1) is 11.6 Å². The SMILES string of the molecule is O=[N+]([O-])c1nc(CCl)cc(I)c1C(F)F. The van der Waals surface area contributed by atoms with E-state index in [1.807, 2.05) is 0 Å². The van der Waals surface area contributed by atoms with Crippen LogP contribution in [0.15, 0.2) is 6.07 Å². The predicted octanol–water partition coefficient (Wildman–Crippen LogP) is 3.27. The topological polar surface area (TPSA) is 56.0 Å². The van der Waals surface area contributed by atoms with E-state index < -0.39 is 22.7 Å². The normalized spacial score (nSPS) is 10.7. The van der Waals surface area contributed by atoms with Crippen LogP contribution in [-0.4, -0.2) is 9.91 Å². The summed E-state index contributed by atoms with van der Waals surface area (Å²) in [6.07, 6.45) is -2.92.